The van der Waals surface area contributed by atoms with Crippen LogP contribution in [0, 0.1) is 0 Å². The second kappa shape index (κ2) is 4.79. The standard InChI is InChI=1S/C6H10Br3P/c7-5-3-1-2-4-6(5)10(8)9/h5-6H,1-4H2/t5-,6-/m1/s1. The van der Waals surface area contributed by atoms with Gasteiger partial charge in [0, 0.05) is 15.8 Å². The molecule has 0 radical (unpaired) electrons. The van der Waals surface area contributed by atoms with E-state index in [0.717, 1.165) is 10.5 Å². The van der Waals surface area contributed by atoms with Gasteiger partial charge in [0.25, 0.3) is 0 Å². The molecule has 2 atom stereocenters. The molecule has 0 aromatic rings. The Hall–Kier alpha value is 1.87. The number of hydrogen-bond donors (Lipinski definition) is 0. The van der Waals surface area contributed by atoms with E-state index in [4.69, 9.17) is 0 Å². The Morgan fingerprint density at radius 1 is 1.10 bits per heavy atom. The fourth-order valence-corrected chi connectivity index (χ4v) is 8.20. The van der Waals surface area contributed by atoms with Crippen LogP contribution in [0.2, 0.25) is 0 Å². The SMILES string of the molecule is Br[C@@H]1CCCC[C@H]1P(Br)Br. The van der Waals surface area contributed by atoms with Crippen molar-refractivity contribution in [3.8, 4) is 0 Å². The molecule has 1 rings (SSSR count). The molecule has 1 fully saturated rings. The van der Waals surface area contributed by atoms with Gasteiger partial charge in [0.2, 0.25) is 0 Å². The lowest BCUT2D eigenvalue weighted by atomic mass is 10.0. The Morgan fingerprint density at radius 3 is 2.10 bits per heavy atom. The van der Waals surface area contributed by atoms with Gasteiger partial charge in [-0.2, -0.15) is 0 Å². The maximum Gasteiger partial charge on any atom is 0.0389 e. The van der Waals surface area contributed by atoms with Crippen LogP contribution < -0.4 is 0 Å². The lowest BCUT2D eigenvalue weighted by Crippen LogP contribution is -2.20. The van der Waals surface area contributed by atoms with Gasteiger partial charge in [-0.25, -0.2) is 0 Å². The highest BCUT2D eigenvalue weighted by Crippen LogP contribution is 2.61. The molecule has 60 valence electrons. The lowest BCUT2D eigenvalue weighted by molar-refractivity contribution is 0.532. The fourth-order valence-electron chi connectivity index (χ4n) is 1.29. The van der Waals surface area contributed by atoms with Gasteiger partial charge in [0.05, 0.1) is 0 Å². The first kappa shape index (κ1) is 9.95. The Balaban J connectivity index is 2.40. The molecule has 0 bridgehead atoms. The zero-order valence-corrected chi connectivity index (χ0v) is 11.2. The number of rotatable bonds is 1. The van der Waals surface area contributed by atoms with Gasteiger partial charge in [-0.3, -0.25) is 0 Å². The average molecular weight is 353 g/mol. The first-order chi connectivity index (χ1) is 4.72. The molecule has 0 heterocycles. The highest BCUT2D eigenvalue weighted by atomic mass is 79.9. The molecular formula is C6H10Br3P. The van der Waals surface area contributed by atoms with Crippen LogP contribution >= 0.6 is 52.2 Å². The number of halogens is 3. The first-order valence-corrected chi connectivity index (χ1v) is 9.83. The van der Waals surface area contributed by atoms with Gasteiger partial charge in [0.1, 0.15) is 0 Å². The van der Waals surface area contributed by atoms with E-state index in [-0.39, 0.29) is 5.33 Å². The minimum absolute atomic E-state index is 0.0799. The zero-order valence-electron chi connectivity index (χ0n) is 5.56. The van der Waals surface area contributed by atoms with Crippen molar-refractivity contribution in [1.82, 2.24) is 0 Å². The Bertz CT molecular complexity index is 107. The van der Waals surface area contributed by atoms with Crippen molar-refractivity contribution in [2.75, 3.05) is 0 Å². The van der Waals surface area contributed by atoms with E-state index in [2.05, 4.69) is 46.9 Å². The molecular weight excluding hydrogens is 343 g/mol. The third-order valence-corrected chi connectivity index (χ3v) is 7.68. The zero-order chi connectivity index (χ0) is 7.56. The van der Waals surface area contributed by atoms with Gasteiger partial charge < -0.3 is 0 Å². The lowest BCUT2D eigenvalue weighted by Gasteiger charge is -2.28. The number of alkyl halides is 1. The number of hydrogen-bond acceptors (Lipinski definition) is 0. The largest absolute Gasteiger partial charge is 0.0883 e. The normalized spacial score (nSPS) is 34.8. The van der Waals surface area contributed by atoms with Crippen LogP contribution in [0.25, 0.3) is 0 Å². The summed E-state index contributed by atoms with van der Waals surface area (Å²) in [5.41, 5.74) is 0.837. The molecule has 0 aromatic carbocycles. The highest BCUT2D eigenvalue weighted by molar-refractivity contribution is 9.69. The molecule has 1 aliphatic carbocycles. The summed E-state index contributed by atoms with van der Waals surface area (Å²) in [4.78, 5) is 0.742. The minimum atomic E-state index is -0.0799. The van der Waals surface area contributed by atoms with E-state index >= 15 is 0 Å². The van der Waals surface area contributed by atoms with E-state index in [0.29, 0.717) is 0 Å². The van der Waals surface area contributed by atoms with Gasteiger partial charge in [-0.1, -0.05) is 28.8 Å². The van der Waals surface area contributed by atoms with Gasteiger partial charge in [-0.05, 0) is 43.8 Å². The van der Waals surface area contributed by atoms with Gasteiger partial charge in [0.15, 0.2) is 0 Å². The van der Waals surface area contributed by atoms with Crippen LogP contribution in [0.4, 0.5) is 0 Å². The van der Waals surface area contributed by atoms with Crippen LogP contribution in [0.15, 0.2) is 0 Å². The van der Waals surface area contributed by atoms with Crippen LogP contribution in [0.3, 0.4) is 0 Å². The average Bonchev–Trinajstić information content (AvgIpc) is 1.88. The van der Waals surface area contributed by atoms with Crippen LogP contribution in [-0.2, 0) is 0 Å². The topological polar surface area (TPSA) is 0 Å². The maximum atomic E-state index is 3.71. The Morgan fingerprint density at radius 2 is 1.70 bits per heavy atom. The Labute approximate surface area is 87.9 Å². The van der Waals surface area contributed by atoms with Crippen molar-refractivity contribution >= 4 is 52.2 Å². The summed E-state index contributed by atoms with van der Waals surface area (Å²) < 4.78 is 0. The van der Waals surface area contributed by atoms with Crippen molar-refractivity contribution in [2.24, 2.45) is 0 Å². The second-order valence-electron chi connectivity index (χ2n) is 2.63. The molecule has 0 amide bonds. The molecule has 0 N–H and O–H groups in total. The first-order valence-electron chi connectivity index (χ1n) is 3.46. The quantitative estimate of drug-likeness (QED) is 0.470. The second-order valence-corrected chi connectivity index (χ2v) is 12.4. The summed E-state index contributed by atoms with van der Waals surface area (Å²) in [5, 5.41) is -0.0799. The molecule has 1 aliphatic rings. The van der Waals surface area contributed by atoms with Crippen molar-refractivity contribution in [2.45, 2.75) is 36.2 Å². The monoisotopic (exact) mass is 350 g/mol. The molecule has 4 heteroatoms. The summed E-state index contributed by atoms with van der Waals surface area (Å²) in [6.07, 6.45) is 5.53. The van der Waals surface area contributed by atoms with E-state index < -0.39 is 0 Å². The molecule has 0 nitrogen and oxygen atoms in total. The molecule has 0 saturated heterocycles. The van der Waals surface area contributed by atoms with E-state index in [1.807, 2.05) is 0 Å². The summed E-state index contributed by atoms with van der Waals surface area (Å²) >= 11 is 11.0. The van der Waals surface area contributed by atoms with Gasteiger partial charge >= 0.3 is 0 Å². The summed E-state index contributed by atoms with van der Waals surface area (Å²) in [6, 6.07) is 0. The van der Waals surface area contributed by atoms with Crippen molar-refractivity contribution in [1.29, 1.82) is 0 Å². The van der Waals surface area contributed by atoms with E-state index in [1.165, 1.54) is 25.7 Å². The summed E-state index contributed by atoms with van der Waals surface area (Å²) in [7, 11) is 0. The van der Waals surface area contributed by atoms with Crippen molar-refractivity contribution in [3.05, 3.63) is 0 Å². The minimum Gasteiger partial charge on any atom is -0.0883 e. The molecule has 0 aliphatic heterocycles. The fraction of sp³-hybridized carbons (Fsp3) is 1.00. The van der Waals surface area contributed by atoms with Crippen LogP contribution in [0.1, 0.15) is 25.7 Å². The predicted octanol–water partition coefficient (Wildman–Crippen LogP) is 4.79. The van der Waals surface area contributed by atoms with Crippen molar-refractivity contribution < 1.29 is 0 Å². The Kier molecular flexibility index (Phi) is 4.77. The van der Waals surface area contributed by atoms with E-state index in [1.54, 1.807) is 0 Å². The van der Waals surface area contributed by atoms with Crippen LogP contribution in [0.5, 0.6) is 0 Å². The molecule has 10 heavy (non-hydrogen) atoms. The van der Waals surface area contributed by atoms with Crippen molar-refractivity contribution in [3.63, 3.8) is 0 Å². The van der Waals surface area contributed by atoms with E-state index in [9.17, 15) is 0 Å². The molecule has 0 aromatic heterocycles. The van der Waals surface area contributed by atoms with Crippen LogP contribution in [-0.4, -0.2) is 10.5 Å². The summed E-state index contributed by atoms with van der Waals surface area (Å²) in [6.45, 7) is 0. The predicted molar refractivity (Wildman–Crippen MR) is 59.7 cm³/mol. The third kappa shape index (κ3) is 2.73. The maximum absolute atomic E-state index is 3.71. The molecule has 1 saturated carbocycles. The third-order valence-electron chi connectivity index (χ3n) is 1.90. The smallest absolute Gasteiger partial charge is 0.0389 e. The molecule has 0 unspecified atom stereocenters. The highest BCUT2D eigenvalue weighted by Gasteiger charge is 2.26. The van der Waals surface area contributed by atoms with Gasteiger partial charge in [-0.15, -0.1) is 0 Å². The summed E-state index contributed by atoms with van der Waals surface area (Å²) in [5.74, 6) is 0. The molecule has 0 spiro atoms.